The van der Waals surface area contributed by atoms with E-state index in [0.717, 1.165) is 82.5 Å². The van der Waals surface area contributed by atoms with Gasteiger partial charge in [-0.2, -0.15) is 0 Å². The van der Waals surface area contributed by atoms with Crippen LogP contribution in [0.5, 0.6) is 0 Å². The van der Waals surface area contributed by atoms with Crippen LogP contribution in [-0.4, -0.2) is 58.5 Å². The van der Waals surface area contributed by atoms with Crippen molar-refractivity contribution in [3.63, 3.8) is 0 Å². The minimum Gasteiger partial charge on any atom is -0.463 e. The number of cyclic esters (lactones) is 1. The van der Waals surface area contributed by atoms with E-state index in [-0.39, 0.29) is 30.4 Å². The van der Waals surface area contributed by atoms with Crippen molar-refractivity contribution in [2.45, 2.75) is 222 Å². The minimum absolute atomic E-state index is 0.104. The van der Waals surface area contributed by atoms with E-state index in [9.17, 15) is 9.90 Å². The van der Waals surface area contributed by atoms with Crippen LogP contribution in [0, 0.1) is 85.2 Å². The molecule has 1 saturated heterocycles. The summed E-state index contributed by atoms with van der Waals surface area (Å²) >= 11 is 0. The molecular formula is C54H84O9. The Morgan fingerprint density at radius 1 is 0.794 bits per heavy atom. The maximum Gasteiger partial charge on any atom is 0.347 e. The van der Waals surface area contributed by atoms with Gasteiger partial charge in [0.1, 0.15) is 11.2 Å². The maximum atomic E-state index is 15.7. The van der Waals surface area contributed by atoms with Crippen LogP contribution >= 0.6 is 0 Å². The molecule has 0 amide bonds. The minimum atomic E-state index is -1.27. The predicted octanol–water partition coefficient (Wildman–Crippen LogP) is 11.0. The summed E-state index contributed by atoms with van der Waals surface area (Å²) in [7, 11) is 0. The Hall–Kier alpha value is -2.16. The number of aliphatic hydroxyl groups is 1. The highest BCUT2D eigenvalue weighted by Crippen LogP contribution is 2.81. The number of carbonyl (C=O) groups excluding carboxylic acids is 4. The van der Waals surface area contributed by atoms with Crippen molar-refractivity contribution in [1.29, 1.82) is 0 Å². The largest absolute Gasteiger partial charge is 0.463 e. The van der Waals surface area contributed by atoms with E-state index in [1.165, 1.54) is 6.42 Å². The van der Waals surface area contributed by atoms with Crippen molar-refractivity contribution >= 4 is 23.9 Å². The average Bonchev–Trinajstić information content (AvgIpc) is 4.00. The van der Waals surface area contributed by atoms with E-state index in [2.05, 4.69) is 76.2 Å². The molecule has 63 heavy (non-hydrogen) atoms. The van der Waals surface area contributed by atoms with Gasteiger partial charge in [0.25, 0.3) is 0 Å². The van der Waals surface area contributed by atoms with Crippen LogP contribution < -0.4 is 0 Å². The normalized spacial score (nSPS) is 46.3. The third-order valence-electron chi connectivity index (χ3n) is 22.6. The molecule has 1 N–H and O–H groups in total. The third-order valence-corrected chi connectivity index (χ3v) is 22.6. The Balaban J connectivity index is 1.06. The average molecular weight is 877 g/mol. The van der Waals surface area contributed by atoms with Crippen LogP contribution in [0.25, 0.3) is 0 Å². The van der Waals surface area contributed by atoms with Gasteiger partial charge in [0, 0.05) is 12.8 Å². The summed E-state index contributed by atoms with van der Waals surface area (Å²) in [5.74, 6) is 2.25. The predicted molar refractivity (Wildman–Crippen MR) is 240 cm³/mol. The lowest BCUT2D eigenvalue weighted by atomic mass is 9.41. The van der Waals surface area contributed by atoms with Crippen molar-refractivity contribution in [2.24, 2.45) is 85.2 Å². The first-order valence-corrected chi connectivity index (χ1v) is 25.8. The van der Waals surface area contributed by atoms with Crippen LogP contribution in [-0.2, 0) is 38.1 Å². The topological polar surface area (TPSA) is 125 Å². The highest BCUT2D eigenvalue weighted by molar-refractivity contribution is 5.87. The van der Waals surface area contributed by atoms with Gasteiger partial charge in [-0.05, 0) is 173 Å². The Labute approximate surface area is 379 Å². The molecule has 11 aliphatic rings. The van der Waals surface area contributed by atoms with Crippen LogP contribution in [0.4, 0.5) is 0 Å². The summed E-state index contributed by atoms with van der Waals surface area (Å²) in [5.41, 5.74) is -7.60. The van der Waals surface area contributed by atoms with Gasteiger partial charge in [-0.3, -0.25) is 14.4 Å². The summed E-state index contributed by atoms with van der Waals surface area (Å²) in [6.07, 6.45) is 14.2. The van der Waals surface area contributed by atoms with E-state index < -0.39 is 72.8 Å². The standard InChI is InChI=1S/C54H84O9/c1-13-37-28-53(37,43(57)63-52-26-35-18-36(27-52)25-51(59,24-35)31-52)29-47(9,14-2)45(5,6)50(12,42(56)61-40-15-16-60-41(40)55)46(7,8)48(10)30-54(48,23-32(3)4)44(58)62-49(11)38-19-33-17-34(21-38)22-39(49)20-33/h32-40,59H,13-31H2,1-12H3. The number of rotatable bonds is 16. The fourth-order valence-electron chi connectivity index (χ4n) is 18.1. The van der Waals surface area contributed by atoms with E-state index >= 15 is 14.4 Å². The van der Waals surface area contributed by atoms with Gasteiger partial charge in [0.15, 0.2) is 0 Å². The monoisotopic (exact) mass is 877 g/mol. The number of esters is 4. The molecular weight excluding hydrogens is 793 g/mol. The second-order valence-corrected chi connectivity index (χ2v) is 26.6. The molecule has 1 aliphatic heterocycles. The molecule has 0 radical (unpaired) electrons. The lowest BCUT2D eigenvalue weighted by Crippen LogP contribution is -2.63. The Kier molecular flexibility index (Phi) is 10.5. The maximum absolute atomic E-state index is 15.7. The molecule has 0 aromatic rings. The Morgan fingerprint density at radius 3 is 1.87 bits per heavy atom. The van der Waals surface area contributed by atoms with E-state index in [0.29, 0.717) is 62.2 Å². The van der Waals surface area contributed by atoms with Crippen molar-refractivity contribution < 1.29 is 43.2 Å². The molecule has 10 aliphatic carbocycles. The molecule has 9 nitrogen and oxygen atoms in total. The molecule has 8 bridgehead atoms. The molecule has 10 saturated carbocycles. The fraction of sp³-hybridized carbons (Fsp3) is 0.926. The zero-order chi connectivity index (χ0) is 45.8. The van der Waals surface area contributed by atoms with Gasteiger partial charge in [-0.25, -0.2) is 4.79 Å². The number of carbonyl (C=O) groups is 4. The quantitative estimate of drug-likeness (QED) is 0.119. The molecule has 11 rings (SSSR count). The van der Waals surface area contributed by atoms with Gasteiger partial charge in [0.2, 0.25) is 6.10 Å². The van der Waals surface area contributed by atoms with Gasteiger partial charge >= 0.3 is 23.9 Å². The van der Waals surface area contributed by atoms with Crippen LogP contribution in [0.3, 0.4) is 0 Å². The third kappa shape index (κ3) is 6.47. The number of hydrogen-bond acceptors (Lipinski definition) is 9. The van der Waals surface area contributed by atoms with Gasteiger partial charge in [0.05, 0.1) is 28.5 Å². The molecule has 0 aromatic heterocycles. The lowest BCUT2D eigenvalue weighted by molar-refractivity contribution is -0.227. The van der Waals surface area contributed by atoms with Crippen LogP contribution in [0.2, 0.25) is 0 Å². The number of ether oxygens (including phenoxy) is 4. The van der Waals surface area contributed by atoms with E-state index in [1.807, 2.05) is 6.92 Å². The number of hydrogen-bond donors (Lipinski definition) is 1. The van der Waals surface area contributed by atoms with Crippen molar-refractivity contribution in [3.8, 4) is 0 Å². The fourth-order valence-corrected chi connectivity index (χ4v) is 18.1. The first-order valence-electron chi connectivity index (χ1n) is 25.8. The van der Waals surface area contributed by atoms with Crippen molar-refractivity contribution in [2.75, 3.05) is 6.61 Å². The highest BCUT2D eigenvalue weighted by atomic mass is 16.6. The molecule has 9 unspecified atom stereocenters. The second kappa shape index (κ2) is 14.4. The molecule has 9 atom stereocenters. The molecule has 11 fully saturated rings. The second-order valence-electron chi connectivity index (χ2n) is 26.6. The summed E-state index contributed by atoms with van der Waals surface area (Å²) < 4.78 is 25.6. The zero-order valence-electron chi connectivity index (χ0n) is 41.3. The smallest absolute Gasteiger partial charge is 0.347 e. The van der Waals surface area contributed by atoms with Crippen LogP contribution in [0.1, 0.15) is 199 Å². The van der Waals surface area contributed by atoms with Crippen molar-refractivity contribution in [1.82, 2.24) is 0 Å². The summed E-state index contributed by atoms with van der Waals surface area (Å²) in [5, 5.41) is 11.6. The molecule has 9 heteroatoms. The SMILES string of the molecule is CCC1CC1(CC(C)(CC)C(C)(C)C(C)(C(=O)OC1CCOC1=O)C(C)(C)C1(C)CC1(CC(C)C)C(=O)OC1(C)C2CC3CC(C2)CC1C3)C(=O)OC12CC3CC(CC(O)(C3)C1)C2. The molecule has 354 valence electrons. The molecule has 0 aromatic carbocycles. The Morgan fingerprint density at radius 2 is 1.38 bits per heavy atom. The van der Waals surface area contributed by atoms with Crippen molar-refractivity contribution in [3.05, 3.63) is 0 Å². The van der Waals surface area contributed by atoms with Crippen LogP contribution in [0.15, 0.2) is 0 Å². The highest BCUT2D eigenvalue weighted by Gasteiger charge is 2.82. The van der Waals surface area contributed by atoms with E-state index in [4.69, 9.17) is 18.9 Å². The molecule has 1 heterocycles. The Bertz CT molecular complexity index is 1850. The van der Waals surface area contributed by atoms with Gasteiger partial charge in [-0.1, -0.05) is 82.1 Å². The zero-order valence-corrected chi connectivity index (χ0v) is 41.3. The first-order chi connectivity index (χ1) is 29.2. The molecule has 0 spiro atoms. The summed E-state index contributed by atoms with van der Waals surface area (Å²) in [4.78, 5) is 59.2. The van der Waals surface area contributed by atoms with Gasteiger partial charge in [-0.15, -0.1) is 0 Å². The first kappa shape index (κ1) is 46.0. The lowest BCUT2D eigenvalue weighted by Gasteiger charge is -2.62. The summed E-state index contributed by atoms with van der Waals surface area (Å²) in [6.45, 7) is 26.4. The van der Waals surface area contributed by atoms with Gasteiger partial charge < -0.3 is 24.1 Å². The summed E-state index contributed by atoms with van der Waals surface area (Å²) in [6, 6.07) is 0. The van der Waals surface area contributed by atoms with E-state index in [1.54, 1.807) is 0 Å².